The van der Waals surface area contributed by atoms with Crippen molar-refractivity contribution in [3.05, 3.63) is 0 Å². The molecule has 0 spiro atoms. The molecule has 0 radical (unpaired) electrons. The maximum atomic E-state index is 11.5. The molecule has 1 amide bonds. The Bertz CT molecular complexity index is 366. The van der Waals surface area contributed by atoms with Crippen molar-refractivity contribution in [1.82, 2.24) is 20.4 Å². The van der Waals surface area contributed by atoms with Crippen molar-refractivity contribution in [2.75, 3.05) is 53.4 Å². The molecule has 1 heterocycles. The number of carbonyl (C=O) groups is 1. The first-order valence-corrected chi connectivity index (χ1v) is 9.03. The van der Waals surface area contributed by atoms with E-state index in [1.54, 1.807) is 7.05 Å². The fraction of sp³-hybridized carbons (Fsp3) is 0.882. The van der Waals surface area contributed by atoms with Crippen LogP contribution >= 0.6 is 24.0 Å². The normalized spacial score (nSPS) is 16.0. The number of piperidine rings is 1. The number of amides is 1. The third-order valence-electron chi connectivity index (χ3n) is 4.71. The Labute approximate surface area is 164 Å². The molecule has 6 nitrogen and oxygen atoms in total. The molecule has 0 saturated carbocycles. The number of hydrogen-bond acceptors (Lipinski definition) is 3. The van der Waals surface area contributed by atoms with E-state index in [1.807, 2.05) is 7.05 Å². The molecular weight excluding hydrogens is 417 g/mol. The van der Waals surface area contributed by atoms with Gasteiger partial charge >= 0.3 is 0 Å². The molecule has 1 fully saturated rings. The van der Waals surface area contributed by atoms with Crippen LogP contribution in [0.4, 0.5) is 0 Å². The fourth-order valence-electron chi connectivity index (χ4n) is 3.09. The highest BCUT2D eigenvalue weighted by atomic mass is 127. The van der Waals surface area contributed by atoms with E-state index in [0.717, 1.165) is 64.5 Å². The highest BCUT2D eigenvalue weighted by Gasteiger charge is 2.22. The first-order valence-electron chi connectivity index (χ1n) is 9.03. The minimum Gasteiger partial charge on any atom is -0.359 e. The number of hydrogen-bond donors (Lipinski definition) is 2. The average molecular weight is 453 g/mol. The Kier molecular flexibility index (Phi) is 13.4. The Morgan fingerprint density at radius 1 is 1.25 bits per heavy atom. The zero-order chi connectivity index (χ0) is 17.1. The molecule has 0 aromatic carbocycles. The standard InChI is InChI=1S/C17H35N5O.HI/c1-5-21(6-2)11-7-10-20-17(19-4)22-12-8-15(9-13-22)14-16(23)18-3;/h15H,5-14H2,1-4H3,(H,18,23)(H,19,20);1H. The van der Waals surface area contributed by atoms with E-state index < -0.39 is 0 Å². The fourth-order valence-corrected chi connectivity index (χ4v) is 3.09. The van der Waals surface area contributed by atoms with Crippen molar-refractivity contribution < 1.29 is 4.79 Å². The third kappa shape index (κ3) is 8.50. The first kappa shape index (κ1) is 23.4. The lowest BCUT2D eigenvalue weighted by Crippen LogP contribution is -2.46. The Hall–Kier alpha value is -0.570. The van der Waals surface area contributed by atoms with E-state index >= 15 is 0 Å². The summed E-state index contributed by atoms with van der Waals surface area (Å²) < 4.78 is 0. The van der Waals surface area contributed by atoms with Gasteiger partial charge in [-0.3, -0.25) is 9.79 Å². The van der Waals surface area contributed by atoms with Gasteiger partial charge in [-0.15, -0.1) is 24.0 Å². The van der Waals surface area contributed by atoms with E-state index in [-0.39, 0.29) is 29.9 Å². The van der Waals surface area contributed by atoms with E-state index in [1.165, 1.54) is 0 Å². The summed E-state index contributed by atoms with van der Waals surface area (Å²) in [6, 6.07) is 0. The Balaban J connectivity index is 0.00000529. The smallest absolute Gasteiger partial charge is 0.220 e. The second-order valence-corrected chi connectivity index (χ2v) is 6.16. The van der Waals surface area contributed by atoms with Crippen molar-refractivity contribution in [3.63, 3.8) is 0 Å². The lowest BCUT2D eigenvalue weighted by Gasteiger charge is -2.34. The van der Waals surface area contributed by atoms with Gasteiger partial charge in [0.05, 0.1) is 0 Å². The van der Waals surface area contributed by atoms with Crippen LogP contribution < -0.4 is 10.6 Å². The van der Waals surface area contributed by atoms with Gasteiger partial charge in [0, 0.05) is 40.2 Å². The van der Waals surface area contributed by atoms with Gasteiger partial charge in [-0.05, 0) is 44.8 Å². The molecule has 24 heavy (non-hydrogen) atoms. The Morgan fingerprint density at radius 3 is 2.38 bits per heavy atom. The number of halogens is 1. The molecular formula is C17H36IN5O. The monoisotopic (exact) mass is 453 g/mol. The molecule has 1 saturated heterocycles. The molecule has 7 heteroatoms. The largest absolute Gasteiger partial charge is 0.359 e. The van der Waals surface area contributed by atoms with Gasteiger partial charge in [-0.1, -0.05) is 13.8 Å². The molecule has 0 atom stereocenters. The maximum absolute atomic E-state index is 11.5. The number of nitrogens with zero attached hydrogens (tertiary/aromatic N) is 3. The van der Waals surface area contributed by atoms with Crippen molar-refractivity contribution in [2.45, 2.75) is 39.5 Å². The van der Waals surface area contributed by atoms with E-state index in [9.17, 15) is 4.79 Å². The van der Waals surface area contributed by atoms with Crippen molar-refractivity contribution in [2.24, 2.45) is 10.9 Å². The minimum atomic E-state index is 0. The van der Waals surface area contributed by atoms with Crippen molar-refractivity contribution in [3.8, 4) is 0 Å². The highest BCUT2D eigenvalue weighted by Crippen LogP contribution is 2.20. The molecule has 0 bridgehead atoms. The van der Waals surface area contributed by atoms with Crippen LogP contribution in [0.5, 0.6) is 0 Å². The summed E-state index contributed by atoms with van der Waals surface area (Å²) in [6.45, 7) is 10.7. The zero-order valence-electron chi connectivity index (χ0n) is 15.8. The van der Waals surface area contributed by atoms with Gasteiger partial charge in [-0.2, -0.15) is 0 Å². The number of rotatable bonds is 8. The Morgan fingerprint density at radius 2 is 1.88 bits per heavy atom. The molecule has 1 rings (SSSR count). The molecule has 1 aliphatic rings. The van der Waals surface area contributed by atoms with Gasteiger partial charge in [0.1, 0.15) is 0 Å². The van der Waals surface area contributed by atoms with Crippen LogP contribution in [-0.2, 0) is 4.79 Å². The SMILES string of the molecule is CCN(CC)CCCNC(=NC)N1CCC(CC(=O)NC)CC1.I. The van der Waals surface area contributed by atoms with Crippen LogP contribution in [0.15, 0.2) is 4.99 Å². The molecule has 0 unspecified atom stereocenters. The van der Waals surface area contributed by atoms with Crippen LogP contribution in [0.1, 0.15) is 39.5 Å². The maximum Gasteiger partial charge on any atom is 0.220 e. The van der Waals surface area contributed by atoms with Crippen LogP contribution in [0.2, 0.25) is 0 Å². The predicted molar refractivity (Wildman–Crippen MR) is 112 cm³/mol. The molecule has 2 N–H and O–H groups in total. The first-order chi connectivity index (χ1) is 11.1. The van der Waals surface area contributed by atoms with E-state index in [4.69, 9.17) is 0 Å². The van der Waals surface area contributed by atoms with Crippen LogP contribution in [-0.4, -0.2) is 75.0 Å². The summed E-state index contributed by atoms with van der Waals surface area (Å²) >= 11 is 0. The van der Waals surface area contributed by atoms with E-state index in [2.05, 4.69) is 39.3 Å². The number of guanidine groups is 1. The number of carbonyl (C=O) groups excluding carboxylic acids is 1. The lowest BCUT2D eigenvalue weighted by atomic mass is 9.93. The average Bonchev–Trinajstić information content (AvgIpc) is 2.59. The quantitative estimate of drug-likeness (QED) is 0.255. The van der Waals surface area contributed by atoms with Crippen LogP contribution in [0.3, 0.4) is 0 Å². The third-order valence-corrected chi connectivity index (χ3v) is 4.71. The van der Waals surface area contributed by atoms with Crippen molar-refractivity contribution in [1.29, 1.82) is 0 Å². The summed E-state index contributed by atoms with van der Waals surface area (Å²) in [5.41, 5.74) is 0. The second-order valence-electron chi connectivity index (χ2n) is 6.16. The van der Waals surface area contributed by atoms with Gasteiger partial charge in [0.2, 0.25) is 5.91 Å². The number of likely N-dealkylation sites (tertiary alicyclic amines) is 1. The summed E-state index contributed by atoms with van der Waals surface area (Å²) in [7, 11) is 3.56. The highest BCUT2D eigenvalue weighted by molar-refractivity contribution is 14.0. The predicted octanol–water partition coefficient (Wildman–Crippen LogP) is 1.76. The summed E-state index contributed by atoms with van der Waals surface area (Å²) in [5.74, 6) is 1.66. The molecule has 0 aliphatic carbocycles. The van der Waals surface area contributed by atoms with Crippen molar-refractivity contribution >= 4 is 35.8 Å². The minimum absolute atomic E-state index is 0. The topological polar surface area (TPSA) is 60.0 Å². The zero-order valence-corrected chi connectivity index (χ0v) is 18.1. The van der Waals surface area contributed by atoms with Gasteiger partial charge in [-0.25, -0.2) is 0 Å². The van der Waals surface area contributed by atoms with Gasteiger partial charge < -0.3 is 20.4 Å². The summed E-state index contributed by atoms with van der Waals surface area (Å²) in [6.07, 6.45) is 3.91. The number of nitrogens with one attached hydrogen (secondary N) is 2. The number of aliphatic imine (C=N–C) groups is 1. The van der Waals surface area contributed by atoms with Crippen LogP contribution in [0.25, 0.3) is 0 Å². The van der Waals surface area contributed by atoms with Crippen LogP contribution in [0, 0.1) is 5.92 Å². The van der Waals surface area contributed by atoms with E-state index in [0.29, 0.717) is 12.3 Å². The molecule has 142 valence electrons. The lowest BCUT2D eigenvalue weighted by molar-refractivity contribution is -0.121. The molecule has 0 aromatic rings. The summed E-state index contributed by atoms with van der Waals surface area (Å²) in [5, 5.41) is 6.20. The van der Waals surface area contributed by atoms with Gasteiger partial charge in [0.15, 0.2) is 5.96 Å². The summed E-state index contributed by atoms with van der Waals surface area (Å²) in [4.78, 5) is 20.6. The molecule has 1 aliphatic heterocycles. The van der Waals surface area contributed by atoms with Gasteiger partial charge in [0.25, 0.3) is 0 Å². The molecule has 0 aromatic heterocycles. The second kappa shape index (κ2) is 13.7.